The van der Waals surface area contributed by atoms with Gasteiger partial charge >= 0.3 is 5.97 Å². The zero-order chi connectivity index (χ0) is 12.9. The van der Waals surface area contributed by atoms with Crippen LogP contribution in [-0.2, 0) is 14.3 Å². The fourth-order valence-corrected chi connectivity index (χ4v) is 1.81. The lowest BCUT2D eigenvalue weighted by atomic mass is 9.98. The van der Waals surface area contributed by atoms with E-state index in [4.69, 9.17) is 4.74 Å². The van der Waals surface area contributed by atoms with Crippen molar-refractivity contribution in [3.8, 4) is 0 Å². The van der Waals surface area contributed by atoms with Gasteiger partial charge in [-0.3, -0.25) is 5.32 Å². The lowest BCUT2D eigenvalue weighted by Crippen LogP contribution is -2.39. The second-order valence-corrected chi connectivity index (χ2v) is 4.93. The molecule has 1 N–H and O–H groups in total. The molecule has 1 fully saturated rings. The van der Waals surface area contributed by atoms with E-state index in [9.17, 15) is 4.79 Å². The monoisotopic (exact) mass is 241 g/mol. The second kappa shape index (κ2) is 6.17. The summed E-state index contributed by atoms with van der Waals surface area (Å²) in [6.45, 7) is 10.2. The predicted molar refractivity (Wildman–Crippen MR) is 66.3 cm³/mol. The van der Waals surface area contributed by atoms with Gasteiger partial charge in [0.25, 0.3) is 0 Å². The Bertz CT molecular complexity index is 293. The molecule has 2 aliphatic rings. The van der Waals surface area contributed by atoms with Gasteiger partial charge < -0.3 is 9.47 Å². The van der Waals surface area contributed by atoms with E-state index in [-0.39, 0.29) is 11.7 Å². The van der Waals surface area contributed by atoms with Gasteiger partial charge in [0, 0.05) is 6.54 Å². The van der Waals surface area contributed by atoms with Crippen LogP contribution in [0.5, 0.6) is 0 Å². The highest BCUT2D eigenvalue weighted by molar-refractivity contribution is 5.92. The molecule has 2 heterocycles. The molecule has 0 aliphatic carbocycles. The first-order valence-corrected chi connectivity index (χ1v) is 6.23. The molecular formula is C13H23NO3. The molecule has 4 nitrogen and oxygen atoms in total. The first-order valence-electron chi connectivity index (χ1n) is 6.23. The zero-order valence-corrected chi connectivity index (χ0v) is 11.2. The van der Waals surface area contributed by atoms with Crippen LogP contribution < -0.4 is 5.32 Å². The molecule has 0 saturated carbocycles. The molecule has 2 aliphatic heterocycles. The van der Waals surface area contributed by atoms with Crippen LogP contribution in [0.25, 0.3) is 0 Å². The van der Waals surface area contributed by atoms with Crippen molar-refractivity contribution < 1.29 is 14.3 Å². The first kappa shape index (κ1) is 14.2. The van der Waals surface area contributed by atoms with Crippen molar-refractivity contribution in [2.45, 2.75) is 46.3 Å². The van der Waals surface area contributed by atoms with Crippen molar-refractivity contribution in [2.24, 2.45) is 5.92 Å². The van der Waals surface area contributed by atoms with Crippen LogP contribution in [0.1, 0.15) is 40.5 Å². The van der Waals surface area contributed by atoms with E-state index >= 15 is 0 Å². The van der Waals surface area contributed by atoms with Gasteiger partial charge in [0.1, 0.15) is 12.0 Å². The molecule has 2 atom stereocenters. The third kappa shape index (κ3) is 4.48. The minimum Gasteiger partial charge on any atom is -0.430 e. The van der Waals surface area contributed by atoms with Gasteiger partial charge in [-0.25, -0.2) is 4.79 Å². The summed E-state index contributed by atoms with van der Waals surface area (Å²) in [5.74, 6) is 0.556. The summed E-state index contributed by atoms with van der Waals surface area (Å²) in [6.07, 6.45) is 3.80. The highest BCUT2D eigenvalue weighted by atomic mass is 16.5. The molecule has 98 valence electrons. The quantitative estimate of drug-likeness (QED) is 0.770. The topological polar surface area (TPSA) is 47.6 Å². The van der Waals surface area contributed by atoms with Crippen LogP contribution in [0.4, 0.5) is 0 Å². The maximum Gasteiger partial charge on any atom is 0.341 e. The number of ether oxygens (including phenoxy) is 2. The SMILES string of the molecule is CC1=COC1=O.CCC(C)CC1(C)NCCO1. The summed E-state index contributed by atoms with van der Waals surface area (Å²) in [7, 11) is 0. The van der Waals surface area contributed by atoms with Crippen LogP contribution in [-0.4, -0.2) is 24.8 Å². The van der Waals surface area contributed by atoms with Crippen LogP contribution in [0.3, 0.4) is 0 Å². The van der Waals surface area contributed by atoms with Crippen molar-refractivity contribution in [1.82, 2.24) is 5.32 Å². The molecule has 0 spiro atoms. The normalized spacial score (nSPS) is 28.5. The Morgan fingerprint density at radius 3 is 2.53 bits per heavy atom. The van der Waals surface area contributed by atoms with Gasteiger partial charge in [-0.1, -0.05) is 20.3 Å². The molecule has 17 heavy (non-hydrogen) atoms. The molecule has 0 aromatic heterocycles. The summed E-state index contributed by atoms with van der Waals surface area (Å²) in [5.41, 5.74) is 0.671. The third-order valence-corrected chi connectivity index (χ3v) is 3.12. The molecule has 0 aromatic rings. The van der Waals surface area contributed by atoms with Crippen molar-refractivity contribution >= 4 is 5.97 Å². The Labute approximate surface area is 103 Å². The molecule has 2 unspecified atom stereocenters. The van der Waals surface area contributed by atoms with E-state index in [1.165, 1.54) is 12.7 Å². The molecule has 2 rings (SSSR count). The van der Waals surface area contributed by atoms with E-state index in [0.717, 1.165) is 25.5 Å². The number of rotatable bonds is 3. The maximum absolute atomic E-state index is 9.94. The van der Waals surface area contributed by atoms with Crippen LogP contribution in [0.15, 0.2) is 11.8 Å². The Morgan fingerprint density at radius 1 is 1.59 bits per heavy atom. The average Bonchev–Trinajstić information content (AvgIpc) is 2.73. The number of nitrogens with one attached hydrogen (secondary N) is 1. The minimum absolute atomic E-state index is 0.0323. The van der Waals surface area contributed by atoms with Crippen molar-refractivity contribution in [1.29, 1.82) is 0 Å². The number of carbonyl (C=O) groups is 1. The van der Waals surface area contributed by atoms with Gasteiger partial charge in [-0.15, -0.1) is 0 Å². The molecule has 0 amide bonds. The van der Waals surface area contributed by atoms with Gasteiger partial charge in [-0.2, -0.15) is 0 Å². The molecule has 0 bridgehead atoms. The van der Waals surface area contributed by atoms with Gasteiger partial charge in [-0.05, 0) is 26.2 Å². The minimum atomic E-state index is -0.199. The number of carbonyl (C=O) groups excluding carboxylic acids is 1. The fourth-order valence-electron chi connectivity index (χ4n) is 1.81. The van der Waals surface area contributed by atoms with Gasteiger partial charge in [0.05, 0.1) is 12.2 Å². The zero-order valence-electron chi connectivity index (χ0n) is 11.2. The van der Waals surface area contributed by atoms with Crippen molar-refractivity contribution in [2.75, 3.05) is 13.2 Å². The summed E-state index contributed by atoms with van der Waals surface area (Å²) in [6, 6.07) is 0. The van der Waals surface area contributed by atoms with Crippen LogP contribution in [0, 0.1) is 5.92 Å². The Morgan fingerprint density at radius 2 is 2.24 bits per heavy atom. The largest absolute Gasteiger partial charge is 0.430 e. The first-order chi connectivity index (χ1) is 7.97. The van der Waals surface area contributed by atoms with Crippen LogP contribution in [0.2, 0.25) is 0 Å². The molecule has 0 radical (unpaired) electrons. The lowest BCUT2D eigenvalue weighted by Gasteiger charge is -2.26. The highest BCUT2D eigenvalue weighted by Gasteiger charge is 2.29. The Balaban J connectivity index is 0.000000202. The molecule has 0 aromatic carbocycles. The second-order valence-electron chi connectivity index (χ2n) is 4.93. The predicted octanol–water partition coefficient (Wildman–Crippen LogP) is 2.21. The smallest absolute Gasteiger partial charge is 0.341 e. The van der Waals surface area contributed by atoms with E-state index in [1.54, 1.807) is 6.92 Å². The summed E-state index contributed by atoms with van der Waals surface area (Å²) in [4.78, 5) is 9.94. The molecular weight excluding hydrogens is 218 g/mol. The third-order valence-electron chi connectivity index (χ3n) is 3.12. The summed E-state index contributed by atoms with van der Waals surface area (Å²) < 4.78 is 9.84. The van der Waals surface area contributed by atoms with Crippen LogP contribution >= 0.6 is 0 Å². The van der Waals surface area contributed by atoms with E-state index in [1.807, 2.05) is 0 Å². The van der Waals surface area contributed by atoms with Crippen molar-refractivity contribution in [3.05, 3.63) is 11.8 Å². The van der Waals surface area contributed by atoms with Gasteiger partial charge in [0.2, 0.25) is 0 Å². The number of esters is 1. The Kier molecular flexibility index (Phi) is 5.15. The van der Waals surface area contributed by atoms with E-state index in [0.29, 0.717) is 5.57 Å². The maximum atomic E-state index is 9.94. The standard InChI is InChI=1S/C9H19NO.C4H4O2/c1-4-8(2)7-9(3)10-5-6-11-9;1-3-2-6-4(3)5/h8,10H,4-7H2,1-3H3;2H,1H3. The van der Waals surface area contributed by atoms with Gasteiger partial charge in [0.15, 0.2) is 0 Å². The lowest BCUT2D eigenvalue weighted by molar-refractivity contribution is -0.138. The highest BCUT2D eigenvalue weighted by Crippen LogP contribution is 2.22. The molecule has 4 heteroatoms. The number of hydrogen-bond donors (Lipinski definition) is 1. The molecule has 1 saturated heterocycles. The number of hydrogen-bond acceptors (Lipinski definition) is 4. The number of cyclic esters (lactones) is 1. The Hall–Kier alpha value is -0.870. The summed E-state index contributed by atoms with van der Waals surface area (Å²) >= 11 is 0. The van der Waals surface area contributed by atoms with E-state index in [2.05, 4.69) is 30.8 Å². The summed E-state index contributed by atoms with van der Waals surface area (Å²) in [5, 5.41) is 3.38. The average molecular weight is 241 g/mol. The van der Waals surface area contributed by atoms with Crippen molar-refractivity contribution in [3.63, 3.8) is 0 Å². The fraction of sp³-hybridized carbons (Fsp3) is 0.769. The van der Waals surface area contributed by atoms with E-state index < -0.39 is 0 Å².